The third kappa shape index (κ3) is 4.82. The standard InChI is InChI=1S/C24H24BrFN4O2S/c25-16-4-5-17(18(26)15-16)20-6-7-21(32-20)23-22(19-3-1-2-8-27-19)28-24(33)30(23)10-9-29-11-13-31-14-12-29/h1-8,15,22-23H,9-14H2,(H,28,33)/t22-,23-/m0/s1. The van der Waals surface area contributed by atoms with Gasteiger partial charge in [-0.1, -0.05) is 22.0 Å². The molecule has 0 bridgehead atoms. The monoisotopic (exact) mass is 530 g/mol. The van der Waals surface area contributed by atoms with Gasteiger partial charge in [-0.05, 0) is 54.7 Å². The van der Waals surface area contributed by atoms with Crippen molar-refractivity contribution in [2.75, 3.05) is 39.4 Å². The van der Waals surface area contributed by atoms with Crippen LogP contribution < -0.4 is 5.32 Å². The van der Waals surface area contributed by atoms with Gasteiger partial charge in [0.05, 0.1) is 30.5 Å². The molecule has 2 aliphatic heterocycles. The Labute approximate surface area is 205 Å². The molecule has 1 N–H and O–H groups in total. The minimum atomic E-state index is -0.337. The number of aromatic nitrogens is 1. The summed E-state index contributed by atoms with van der Waals surface area (Å²) >= 11 is 9.04. The summed E-state index contributed by atoms with van der Waals surface area (Å²) in [5, 5.41) is 4.10. The summed E-state index contributed by atoms with van der Waals surface area (Å²) in [5.74, 6) is 0.869. The van der Waals surface area contributed by atoms with Crippen molar-refractivity contribution >= 4 is 33.3 Å². The summed E-state index contributed by atoms with van der Waals surface area (Å²) in [6.07, 6.45) is 1.78. The highest BCUT2D eigenvalue weighted by Crippen LogP contribution is 2.40. The van der Waals surface area contributed by atoms with Crippen LogP contribution in [-0.4, -0.2) is 59.3 Å². The Hall–Kier alpha value is -2.33. The topological polar surface area (TPSA) is 53.8 Å². The van der Waals surface area contributed by atoms with Gasteiger partial charge in [0.2, 0.25) is 0 Å². The first-order valence-corrected chi connectivity index (χ1v) is 12.1. The van der Waals surface area contributed by atoms with Crippen molar-refractivity contribution < 1.29 is 13.5 Å². The molecule has 5 rings (SSSR count). The zero-order chi connectivity index (χ0) is 22.8. The Bertz CT molecular complexity index is 1120. The van der Waals surface area contributed by atoms with Gasteiger partial charge < -0.3 is 19.4 Å². The smallest absolute Gasteiger partial charge is 0.170 e. The molecule has 9 heteroatoms. The number of morpholine rings is 1. The second kappa shape index (κ2) is 9.89. The zero-order valence-corrected chi connectivity index (χ0v) is 20.3. The quantitative estimate of drug-likeness (QED) is 0.469. The summed E-state index contributed by atoms with van der Waals surface area (Å²) in [4.78, 5) is 9.10. The SMILES string of the molecule is Fc1cc(Br)ccc1-c1ccc([C@H]2[C@H](c3ccccn3)NC(=S)N2CCN2CCOCC2)o1. The molecule has 172 valence electrons. The summed E-state index contributed by atoms with van der Waals surface area (Å²) in [5.41, 5.74) is 1.30. The molecule has 2 atom stereocenters. The molecule has 3 aromatic rings. The molecule has 6 nitrogen and oxygen atoms in total. The van der Waals surface area contributed by atoms with E-state index in [2.05, 4.69) is 36.0 Å². The maximum absolute atomic E-state index is 14.6. The molecule has 2 aliphatic rings. The van der Waals surface area contributed by atoms with Crippen molar-refractivity contribution in [1.29, 1.82) is 0 Å². The van der Waals surface area contributed by atoms with E-state index in [1.165, 1.54) is 6.07 Å². The van der Waals surface area contributed by atoms with E-state index in [0.29, 0.717) is 20.9 Å². The van der Waals surface area contributed by atoms with Crippen LogP contribution in [0.15, 0.2) is 63.6 Å². The Morgan fingerprint density at radius 2 is 1.97 bits per heavy atom. The number of thiocarbonyl (C=S) groups is 1. The van der Waals surface area contributed by atoms with Crippen LogP contribution in [0.1, 0.15) is 23.5 Å². The molecule has 33 heavy (non-hydrogen) atoms. The fourth-order valence-electron chi connectivity index (χ4n) is 4.38. The third-order valence-electron chi connectivity index (χ3n) is 6.07. The van der Waals surface area contributed by atoms with Gasteiger partial charge in [-0.15, -0.1) is 0 Å². The molecule has 0 radical (unpaired) electrons. The number of hydrogen-bond acceptors (Lipinski definition) is 5. The van der Waals surface area contributed by atoms with E-state index in [4.69, 9.17) is 21.4 Å². The number of furan rings is 1. The van der Waals surface area contributed by atoms with E-state index in [1.54, 1.807) is 18.3 Å². The van der Waals surface area contributed by atoms with Crippen LogP contribution in [-0.2, 0) is 4.74 Å². The second-order valence-corrected chi connectivity index (χ2v) is 9.40. The first-order chi connectivity index (χ1) is 16.1. The lowest BCUT2D eigenvalue weighted by Gasteiger charge is -2.31. The number of rotatable bonds is 6. The highest BCUT2D eigenvalue weighted by Gasteiger charge is 2.41. The first kappa shape index (κ1) is 22.5. The number of ether oxygens (including phenoxy) is 1. The van der Waals surface area contributed by atoms with Crippen molar-refractivity contribution in [2.24, 2.45) is 0 Å². The first-order valence-electron chi connectivity index (χ1n) is 10.9. The van der Waals surface area contributed by atoms with E-state index in [-0.39, 0.29) is 17.9 Å². The normalized spacial score (nSPS) is 21.4. The van der Waals surface area contributed by atoms with E-state index >= 15 is 0 Å². The predicted molar refractivity (Wildman–Crippen MR) is 131 cm³/mol. The van der Waals surface area contributed by atoms with E-state index in [9.17, 15) is 4.39 Å². The number of halogens is 2. The number of pyridine rings is 1. The molecular formula is C24H24BrFN4O2S. The van der Waals surface area contributed by atoms with Gasteiger partial charge in [0.15, 0.2) is 5.11 Å². The third-order valence-corrected chi connectivity index (χ3v) is 6.92. The lowest BCUT2D eigenvalue weighted by atomic mass is 10.0. The zero-order valence-electron chi connectivity index (χ0n) is 17.9. The lowest BCUT2D eigenvalue weighted by molar-refractivity contribution is 0.0347. The second-order valence-electron chi connectivity index (χ2n) is 8.10. The van der Waals surface area contributed by atoms with Gasteiger partial charge in [0.25, 0.3) is 0 Å². The van der Waals surface area contributed by atoms with Crippen LogP contribution in [0.25, 0.3) is 11.3 Å². The van der Waals surface area contributed by atoms with Crippen molar-refractivity contribution in [1.82, 2.24) is 20.1 Å². The van der Waals surface area contributed by atoms with Crippen molar-refractivity contribution in [3.05, 3.63) is 76.5 Å². The minimum Gasteiger partial charge on any atom is -0.459 e. The minimum absolute atomic E-state index is 0.169. The largest absolute Gasteiger partial charge is 0.459 e. The van der Waals surface area contributed by atoms with Crippen LogP contribution in [0.5, 0.6) is 0 Å². The molecule has 2 saturated heterocycles. The Morgan fingerprint density at radius 3 is 2.73 bits per heavy atom. The number of nitrogens with zero attached hydrogens (tertiary/aromatic N) is 3. The van der Waals surface area contributed by atoms with Crippen LogP contribution in [0, 0.1) is 5.82 Å². The van der Waals surface area contributed by atoms with Gasteiger partial charge in [-0.3, -0.25) is 9.88 Å². The van der Waals surface area contributed by atoms with Gasteiger partial charge in [0.1, 0.15) is 23.4 Å². The summed E-state index contributed by atoms with van der Waals surface area (Å²) < 4.78 is 27.0. The highest BCUT2D eigenvalue weighted by molar-refractivity contribution is 9.10. The molecule has 0 spiro atoms. The molecule has 0 aliphatic carbocycles. The Kier molecular flexibility index (Phi) is 6.73. The molecular weight excluding hydrogens is 507 g/mol. The Balaban J connectivity index is 1.45. The van der Waals surface area contributed by atoms with Gasteiger partial charge in [-0.25, -0.2) is 4.39 Å². The lowest BCUT2D eigenvalue weighted by Crippen LogP contribution is -2.42. The summed E-state index contributed by atoms with van der Waals surface area (Å²) in [6, 6.07) is 14.2. The number of hydrogen-bond donors (Lipinski definition) is 1. The van der Waals surface area contributed by atoms with Crippen molar-refractivity contribution in [2.45, 2.75) is 12.1 Å². The summed E-state index contributed by atoms with van der Waals surface area (Å²) in [6.45, 7) is 4.94. The van der Waals surface area contributed by atoms with Gasteiger partial charge >= 0.3 is 0 Å². The van der Waals surface area contributed by atoms with Crippen LogP contribution >= 0.6 is 28.1 Å². The molecule has 0 saturated carbocycles. The Morgan fingerprint density at radius 1 is 1.12 bits per heavy atom. The fraction of sp³-hybridized carbons (Fsp3) is 0.333. The molecule has 2 fully saturated rings. The average Bonchev–Trinajstić information content (AvgIpc) is 3.43. The molecule has 2 aromatic heterocycles. The van der Waals surface area contributed by atoms with Crippen LogP contribution in [0.2, 0.25) is 0 Å². The molecule has 1 aromatic carbocycles. The maximum Gasteiger partial charge on any atom is 0.170 e. The highest BCUT2D eigenvalue weighted by atomic mass is 79.9. The molecule has 4 heterocycles. The number of nitrogens with one attached hydrogen (secondary N) is 1. The van der Waals surface area contributed by atoms with Crippen LogP contribution in [0.3, 0.4) is 0 Å². The van der Waals surface area contributed by atoms with Crippen molar-refractivity contribution in [3.8, 4) is 11.3 Å². The maximum atomic E-state index is 14.6. The fourth-order valence-corrected chi connectivity index (χ4v) is 5.04. The average molecular weight is 531 g/mol. The van der Waals surface area contributed by atoms with E-state index < -0.39 is 0 Å². The molecule has 0 amide bonds. The van der Waals surface area contributed by atoms with Crippen molar-refractivity contribution in [3.63, 3.8) is 0 Å². The molecule has 0 unspecified atom stereocenters. The van der Waals surface area contributed by atoms with Crippen LogP contribution in [0.4, 0.5) is 4.39 Å². The van der Waals surface area contributed by atoms with E-state index in [1.807, 2.05) is 30.3 Å². The van der Waals surface area contributed by atoms with E-state index in [0.717, 1.165) is 50.8 Å². The van der Waals surface area contributed by atoms with Gasteiger partial charge in [0, 0.05) is 36.8 Å². The summed E-state index contributed by atoms with van der Waals surface area (Å²) in [7, 11) is 0. The number of benzene rings is 1. The predicted octanol–water partition coefficient (Wildman–Crippen LogP) is 4.55. The van der Waals surface area contributed by atoms with Gasteiger partial charge in [-0.2, -0.15) is 0 Å².